The van der Waals surface area contributed by atoms with Gasteiger partial charge in [0.05, 0.1) is 6.61 Å². The molecule has 0 bridgehead atoms. The molecule has 1 saturated carbocycles. The molecule has 1 fully saturated rings. The fourth-order valence-corrected chi connectivity index (χ4v) is 3.14. The van der Waals surface area contributed by atoms with E-state index in [2.05, 4.69) is 16.9 Å². The molecule has 0 spiro atoms. The Hall–Kier alpha value is -0.780. The fourth-order valence-electron chi connectivity index (χ4n) is 2.91. The van der Waals surface area contributed by atoms with Gasteiger partial charge in [-0.05, 0) is 44.6 Å². The van der Waals surface area contributed by atoms with Crippen LogP contribution in [0.3, 0.4) is 0 Å². The topological polar surface area (TPSA) is 47.1 Å². The van der Waals surface area contributed by atoms with Gasteiger partial charge in [-0.1, -0.05) is 19.1 Å². The predicted octanol–water partition coefficient (Wildman–Crippen LogP) is 3.73. The number of H-pyrrole nitrogens is 1. The highest BCUT2D eigenvalue weighted by Gasteiger charge is 2.38. The third kappa shape index (κ3) is 3.45. The average molecular weight is 296 g/mol. The Morgan fingerprint density at radius 2 is 2.15 bits per heavy atom. The Morgan fingerprint density at radius 1 is 1.45 bits per heavy atom. The molecule has 4 nitrogen and oxygen atoms in total. The first kappa shape index (κ1) is 15.6. The van der Waals surface area contributed by atoms with Crippen molar-refractivity contribution in [1.29, 1.82) is 0 Å². The summed E-state index contributed by atoms with van der Waals surface area (Å²) in [6.07, 6.45) is 4.32. The van der Waals surface area contributed by atoms with Gasteiger partial charge >= 0.3 is 0 Å². The Morgan fingerprint density at radius 3 is 2.75 bits per heavy atom. The van der Waals surface area contributed by atoms with Crippen molar-refractivity contribution in [2.24, 2.45) is 5.92 Å². The quantitative estimate of drug-likeness (QED) is 0.841. The fraction of sp³-hybridized carbons (Fsp3) is 0.733. The van der Waals surface area contributed by atoms with Crippen LogP contribution in [0, 0.1) is 10.6 Å². The van der Waals surface area contributed by atoms with Gasteiger partial charge in [-0.2, -0.15) is 0 Å². The largest absolute Gasteiger partial charge is 0.378 e. The van der Waals surface area contributed by atoms with E-state index in [0.29, 0.717) is 17.9 Å². The summed E-state index contributed by atoms with van der Waals surface area (Å²) in [6, 6.07) is 1.85. The monoisotopic (exact) mass is 296 g/mol. The second-order valence-corrected chi connectivity index (χ2v) is 6.05. The normalized spacial score (nSPS) is 26.6. The van der Waals surface area contributed by atoms with Crippen molar-refractivity contribution in [3.8, 4) is 0 Å². The first-order valence-electron chi connectivity index (χ1n) is 7.33. The number of aromatic amines is 1. The molecule has 1 N–H and O–H groups in total. The van der Waals surface area contributed by atoms with Gasteiger partial charge in [0, 0.05) is 19.4 Å². The summed E-state index contributed by atoms with van der Waals surface area (Å²) in [6.45, 7) is 5.53. The number of methoxy groups -OCH3 is 1. The predicted molar refractivity (Wildman–Crippen MR) is 81.1 cm³/mol. The summed E-state index contributed by atoms with van der Waals surface area (Å²) in [7, 11) is 1.68. The van der Waals surface area contributed by atoms with Gasteiger partial charge in [-0.3, -0.25) is 0 Å². The smallest absolute Gasteiger partial charge is 0.140 e. The van der Waals surface area contributed by atoms with E-state index in [1.165, 1.54) is 0 Å². The molecule has 0 atom stereocenters. The molecule has 1 aromatic rings. The average Bonchev–Trinajstić information content (AvgIpc) is 2.42. The maximum absolute atomic E-state index is 6.11. The summed E-state index contributed by atoms with van der Waals surface area (Å²) in [5.74, 6) is 1.62. The Labute approximate surface area is 125 Å². The van der Waals surface area contributed by atoms with Crippen molar-refractivity contribution in [3.05, 3.63) is 22.2 Å². The zero-order valence-corrected chi connectivity index (χ0v) is 13.4. The molecular weight excluding hydrogens is 272 g/mol. The molecule has 1 aliphatic rings. The summed E-state index contributed by atoms with van der Waals surface area (Å²) in [5, 5.41) is 0. The first-order valence-corrected chi connectivity index (χ1v) is 7.74. The molecule has 20 heavy (non-hydrogen) atoms. The molecule has 112 valence electrons. The van der Waals surface area contributed by atoms with E-state index in [4.69, 9.17) is 21.7 Å². The van der Waals surface area contributed by atoms with Crippen LogP contribution in [0.25, 0.3) is 0 Å². The summed E-state index contributed by atoms with van der Waals surface area (Å²) >= 11 is 5.29. The van der Waals surface area contributed by atoms with E-state index >= 15 is 0 Å². The lowest BCUT2D eigenvalue weighted by Gasteiger charge is -2.38. The van der Waals surface area contributed by atoms with Gasteiger partial charge in [-0.25, -0.2) is 4.98 Å². The number of ether oxygens (including phenoxy) is 2. The molecule has 0 unspecified atom stereocenters. The minimum Gasteiger partial charge on any atom is -0.378 e. The molecule has 0 amide bonds. The number of rotatable bonds is 5. The number of hydrogen-bond donors (Lipinski definition) is 1. The minimum atomic E-state index is -0.307. The number of nitrogens with one attached hydrogen (secondary N) is 1. The van der Waals surface area contributed by atoms with Gasteiger partial charge in [-0.15, -0.1) is 0 Å². The van der Waals surface area contributed by atoms with Crippen LogP contribution in [-0.4, -0.2) is 23.7 Å². The lowest BCUT2D eigenvalue weighted by Crippen LogP contribution is -2.36. The van der Waals surface area contributed by atoms with Crippen LogP contribution in [-0.2, 0) is 21.7 Å². The van der Waals surface area contributed by atoms with E-state index in [9.17, 15) is 0 Å². The van der Waals surface area contributed by atoms with E-state index < -0.39 is 0 Å². The van der Waals surface area contributed by atoms with Crippen molar-refractivity contribution in [2.75, 3.05) is 13.7 Å². The molecule has 0 saturated heterocycles. The molecule has 1 heterocycles. The molecule has 0 aromatic carbocycles. The van der Waals surface area contributed by atoms with E-state index in [0.717, 1.165) is 43.1 Å². The van der Waals surface area contributed by atoms with Crippen LogP contribution in [0.15, 0.2) is 6.07 Å². The number of nitrogens with zero attached hydrogens (tertiary/aromatic N) is 1. The van der Waals surface area contributed by atoms with E-state index in [1.807, 2.05) is 13.0 Å². The molecule has 2 rings (SSSR count). The van der Waals surface area contributed by atoms with Crippen molar-refractivity contribution in [1.82, 2.24) is 9.97 Å². The van der Waals surface area contributed by atoms with Crippen LogP contribution in [0.5, 0.6) is 0 Å². The van der Waals surface area contributed by atoms with Crippen LogP contribution < -0.4 is 0 Å². The second-order valence-electron chi connectivity index (χ2n) is 5.64. The molecular formula is C15H24N2O2S. The second kappa shape index (κ2) is 6.78. The highest BCUT2D eigenvalue weighted by atomic mass is 32.1. The lowest BCUT2D eigenvalue weighted by atomic mass is 9.79. The maximum Gasteiger partial charge on any atom is 0.140 e. The Balaban J connectivity index is 2.36. The van der Waals surface area contributed by atoms with E-state index in [1.54, 1.807) is 7.11 Å². The van der Waals surface area contributed by atoms with Crippen molar-refractivity contribution in [2.45, 2.75) is 51.7 Å². The van der Waals surface area contributed by atoms with Gasteiger partial charge in [0.15, 0.2) is 0 Å². The van der Waals surface area contributed by atoms with Gasteiger partial charge in [0.2, 0.25) is 0 Å². The van der Waals surface area contributed by atoms with Crippen LogP contribution in [0.1, 0.15) is 51.0 Å². The van der Waals surface area contributed by atoms with Crippen molar-refractivity contribution < 1.29 is 9.47 Å². The number of aromatic nitrogens is 2. The number of hydrogen-bond acceptors (Lipinski definition) is 4. The summed E-state index contributed by atoms with van der Waals surface area (Å²) in [4.78, 5) is 7.90. The standard InChI is InChI=1S/C15H24N2O2S/c1-4-19-15(7-5-11(2)6-8-15)14-16-12(10-18-3)9-13(20)17-14/h9,11H,4-8,10H2,1-3H3,(H,16,17,20). The van der Waals surface area contributed by atoms with Crippen molar-refractivity contribution in [3.63, 3.8) is 0 Å². The molecule has 1 aromatic heterocycles. The highest BCUT2D eigenvalue weighted by Crippen LogP contribution is 2.41. The maximum atomic E-state index is 6.11. The Kier molecular flexibility index (Phi) is 5.29. The SMILES string of the molecule is CCOC1(c2nc(=S)cc(COC)[nH]2)CCC(C)CC1. The highest BCUT2D eigenvalue weighted by molar-refractivity contribution is 7.71. The molecule has 1 aliphatic carbocycles. The third-order valence-corrected chi connectivity index (χ3v) is 4.24. The molecule has 5 heteroatoms. The van der Waals surface area contributed by atoms with Crippen LogP contribution in [0.4, 0.5) is 0 Å². The summed E-state index contributed by atoms with van der Waals surface area (Å²) in [5.41, 5.74) is 0.652. The Bertz CT molecular complexity index is 493. The third-order valence-electron chi connectivity index (χ3n) is 4.03. The molecule has 0 radical (unpaired) electrons. The lowest BCUT2D eigenvalue weighted by molar-refractivity contribution is -0.0840. The van der Waals surface area contributed by atoms with E-state index in [-0.39, 0.29) is 5.60 Å². The van der Waals surface area contributed by atoms with Crippen LogP contribution in [0.2, 0.25) is 0 Å². The first-order chi connectivity index (χ1) is 9.59. The molecule has 0 aliphatic heterocycles. The van der Waals surface area contributed by atoms with Crippen LogP contribution >= 0.6 is 12.2 Å². The van der Waals surface area contributed by atoms with Gasteiger partial charge < -0.3 is 14.5 Å². The minimum absolute atomic E-state index is 0.307. The zero-order valence-electron chi connectivity index (χ0n) is 12.6. The van der Waals surface area contributed by atoms with Gasteiger partial charge in [0.1, 0.15) is 16.1 Å². The zero-order chi connectivity index (χ0) is 14.6. The summed E-state index contributed by atoms with van der Waals surface area (Å²) < 4.78 is 11.9. The van der Waals surface area contributed by atoms with Gasteiger partial charge in [0.25, 0.3) is 0 Å². The van der Waals surface area contributed by atoms with Crippen molar-refractivity contribution >= 4 is 12.2 Å².